The van der Waals surface area contributed by atoms with Crippen LogP contribution in [-0.2, 0) is 16.1 Å². The Morgan fingerprint density at radius 1 is 1.33 bits per heavy atom. The fraction of sp³-hybridized carbons (Fsp3) is 0.222. The number of fused-ring (bicyclic) bond motifs is 1. The standard InChI is InChI=1S/C18H15Cl2NO6/c1-2-25-18(24)14-13(12-9(19)4-3-5-10(12)20)16-15(27-17(14)21)11(23)6-8(7-22)26-16/h3-6,13,22H,2,7,21H2,1H3/t13-/m1/s1. The van der Waals surface area contributed by atoms with Crippen LogP contribution < -0.4 is 15.9 Å². The molecule has 0 spiro atoms. The van der Waals surface area contributed by atoms with E-state index in [1.165, 1.54) is 0 Å². The minimum Gasteiger partial charge on any atom is -0.462 e. The summed E-state index contributed by atoms with van der Waals surface area (Å²) in [6.45, 7) is 1.19. The van der Waals surface area contributed by atoms with Crippen molar-refractivity contribution in [2.24, 2.45) is 5.73 Å². The molecule has 1 aliphatic heterocycles. The van der Waals surface area contributed by atoms with Crippen LogP contribution in [0.3, 0.4) is 0 Å². The number of carbonyl (C=O) groups is 1. The lowest BCUT2D eigenvalue weighted by Crippen LogP contribution is -2.30. The summed E-state index contributed by atoms with van der Waals surface area (Å²) >= 11 is 12.7. The van der Waals surface area contributed by atoms with Crippen LogP contribution in [0.15, 0.2) is 44.9 Å². The van der Waals surface area contributed by atoms with Gasteiger partial charge in [-0.15, -0.1) is 0 Å². The summed E-state index contributed by atoms with van der Waals surface area (Å²) in [5.41, 5.74) is 5.56. The minimum absolute atomic E-state index is 0.0146. The van der Waals surface area contributed by atoms with Crippen molar-refractivity contribution in [2.75, 3.05) is 6.61 Å². The number of ether oxygens (including phenoxy) is 2. The predicted molar refractivity (Wildman–Crippen MR) is 97.7 cm³/mol. The molecule has 0 radical (unpaired) electrons. The Bertz CT molecular complexity index is 978. The van der Waals surface area contributed by atoms with E-state index >= 15 is 0 Å². The molecule has 0 saturated carbocycles. The highest BCUT2D eigenvalue weighted by atomic mass is 35.5. The van der Waals surface area contributed by atoms with E-state index in [9.17, 15) is 14.7 Å². The monoisotopic (exact) mass is 411 g/mol. The molecule has 3 rings (SSSR count). The number of hydrogen-bond donors (Lipinski definition) is 2. The van der Waals surface area contributed by atoms with E-state index < -0.39 is 23.9 Å². The van der Waals surface area contributed by atoms with Gasteiger partial charge in [-0.05, 0) is 19.1 Å². The third-order valence-corrected chi connectivity index (χ3v) is 4.61. The van der Waals surface area contributed by atoms with Crippen LogP contribution in [0.25, 0.3) is 0 Å². The smallest absolute Gasteiger partial charge is 0.340 e. The van der Waals surface area contributed by atoms with Crippen LogP contribution in [0.5, 0.6) is 5.75 Å². The van der Waals surface area contributed by atoms with Crippen LogP contribution >= 0.6 is 23.2 Å². The van der Waals surface area contributed by atoms with Gasteiger partial charge in [-0.3, -0.25) is 4.79 Å². The molecule has 1 aromatic heterocycles. The molecular formula is C18H15Cl2NO6. The van der Waals surface area contributed by atoms with Gasteiger partial charge in [0.15, 0.2) is 5.76 Å². The first-order valence-electron chi connectivity index (χ1n) is 7.95. The lowest BCUT2D eigenvalue weighted by atomic mass is 9.86. The first-order chi connectivity index (χ1) is 12.9. The van der Waals surface area contributed by atoms with Gasteiger partial charge in [0.05, 0.1) is 12.5 Å². The quantitative estimate of drug-likeness (QED) is 0.743. The van der Waals surface area contributed by atoms with Gasteiger partial charge < -0.3 is 24.7 Å². The zero-order valence-electron chi connectivity index (χ0n) is 14.1. The Labute approximate surface area is 163 Å². The number of hydrogen-bond acceptors (Lipinski definition) is 7. The second-order valence-corrected chi connectivity index (χ2v) is 6.41. The molecule has 0 amide bonds. The van der Waals surface area contributed by atoms with Crippen molar-refractivity contribution in [3.05, 3.63) is 73.1 Å². The van der Waals surface area contributed by atoms with Crippen LogP contribution in [0.4, 0.5) is 0 Å². The van der Waals surface area contributed by atoms with E-state index in [1.807, 2.05) is 0 Å². The van der Waals surface area contributed by atoms with Crippen LogP contribution in [0.1, 0.15) is 29.9 Å². The number of aliphatic hydroxyl groups excluding tert-OH is 1. The molecule has 27 heavy (non-hydrogen) atoms. The molecule has 2 aromatic rings. The second-order valence-electron chi connectivity index (χ2n) is 5.60. The zero-order valence-corrected chi connectivity index (χ0v) is 15.6. The summed E-state index contributed by atoms with van der Waals surface area (Å²) in [4.78, 5) is 25.0. The summed E-state index contributed by atoms with van der Waals surface area (Å²) in [5.74, 6) is -2.39. The van der Waals surface area contributed by atoms with Crippen molar-refractivity contribution in [3.8, 4) is 5.75 Å². The average molecular weight is 412 g/mol. The van der Waals surface area contributed by atoms with Crippen molar-refractivity contribution < 1.29 is 23.8 Å². The maximum absolute atomic E-state index is 12.6. The highest BCUT2D eigenvalue weighted by Gasteiger charge is 2.41. The molecule has 1 aromatic carbocycles. The summed E-state index contributed by atoms with van der Waals surface area (Å²) in [6, 6.07) is 5.86. The van der Waals surface area contributed by atoms with Gasteiger partial charge in [0, 0.05) is 21.7 Å². The Morgan fingerprint density at radius 2 is 2.00 bits per heavy atom. The van der Waals surface area contributed by atoms with E-state index in [2.05, 4.69) is 0 Å². The summed E-state index contributed by atoms with van der Waals surface area (Å²) < 4.78 is 16.1. The van der Waals surface area contributed by atoms with Crippen molar-refractivity contribution in [1.29, 1.82) is 0 Å². The number of aliphatic hydroxyl groups is 1. The highest BCUT2D eigenvalue weighted by molar-refractivity contribution is 6.36. The van der Waals surface area contributed by atoms with Crippen molar-refractivity contribution in [2.45, 2.75) is 19.4 Å². The second kappa shape index (κ2) is 7.64. The summed E-state index contributed by atoms with van der Waals surface area (Å²) in [6.07, 6.45) is 0. The van der Waals surface area contributed by atoms with Gasteiger partial charge in [-0.1, -0.05) is 29.3 Å². The average Bonchev–Trinajstić information content (AvgIpc) is 2.62. The normalized spacial score (nSPS) is 15.9. The number of rotatable bonds is 4. The largest absolute Gasteiger partial charge is 0.462 e. The Balaban J connectivity index is 2.35. The molecule has 1 atom stereocenters. The summed E-state index contributed by atoms with van der Waals surface area (Å²) in [7, 11) is 0. The minimum atomic E-state index is -1.05. The van der Waals surface area contributed by atoms with E-state index in [4.69, 9.17) is 42.8 Å². The van der Waals surface area contributed by atoms with Crippen molar-refractivity contribution >= 4 is 29.2 Å². The van der Waals surface area contributed by atoms with Gasteiger partial charge in [-0.2, -0.15) is 0 Å². The molecule has 0 fully saturated rings. The molecule has 0 unspecified atom stereocenters. The van der Waals surface area contributed by atoms with Gasteiger partial charge in [0.25, 0.3) is 0 Å². The van der Waals surface area contributed by atoms with E-state index in [1.54, 1.807) is 25.1 Å². The molecule has 0 aliphatic carbocycles. The van der Waals surface area contributed by atoms with Gasteiger partial charge in [0.1, 0.15) is 17.9 Å². The number of carbonyl (C=O) groups excluding carboxylic acids is 1. The lowest BCUT2D eigenvalue weighted by Gasteiger charge is -2.27. The fourth-order valence-electron chi connectivity index (χ4n) is 2.85. The Kier molecular flexibility index (Phi) is 5.46. The van der Waals surface area contributed by atoms with Crippen LogP contribution in [0.2, 0.25) is 10.0 Å². The first kappa shape index (κ1) is 19.3. The zero-order chi connectivity index (χ0) is 19.7. The molecule has 142 valence electrons. The van der Waals surface area contributed by atoms with Crippen molar-refractivity contribution in [1.82, 2.24) is 0 Å². The molecule has 7 nitrogen and oxygen atoms in total. The molecule has 1 aliphatic rings. The van der Waals surface area contributed by atoms with Gasteiger partial charge in [-0.25, -0.2) is 4.79 Å². The number of esters is 1. The summed E-state index contributed by atoms with van der Waals surface area (Å²) in [5, 5.41) is 9.84. The topological polar surface area (TPSA) is 112 Å². The molecular weight excluding hydrogens is 397 g/mol. The molecule has 3 N–H and O–H groups in total. The van der Waals surface area contributed by atoms with Gasteiger partial charge >= 0.3 is 5.97 Å². The highest BCUT2D eigenvalue weighted by Crippen LogP contribution is 2.46. The van der Waals surface area contributed by atoms with E-state index in [0.29, 0.717) is 5.56 Å². The molecule has 0 saturated heterocycles. The third-order valence-electron chi connectivity index (χ3n) is 3.95. The Hall–Kier alpha value is -2.48. The van der Waals surface area contributed by atoms with Crippen LogP contribution in [-0.4, -0.2) is 17.7 Å². The van der Waals surface area contributed by atoms with Crippen molar-refractivity contribution in [3.63, 3.8) is 0 Å². The fourth-order valence-corrected chi connectivity index (χ4v) is 3.46. The molecule has 2 heterocycles. The number of halogens is 2. The van der Waals surface area contributed by atoms with E-state index in [0.717, 1.165) is 6.07 Å². The van der Waals surface area contributed by atoms with Crippen LogP contribution in [0, 0.1) is 0 Å². The first-order valence-corrected chi connectivity index (χ1v) is 8.70. The third kappa shape index (κ3) is 3.41. The SMILES string of the molecule is CCOC(=O)C1=C(N)Oc2c(oc(CO)cc2=O)[C@@H]1c1c(Cl)cccc1Cl. The predicted octanol–water partition coefficient (Wildman–Crippen LogP) is 2.70. The van der Waals surface area contributed by atoms with Gasteiger partial charge in [0.2, 0.25) is 17.1 Å². The lowest BCUT2D eigenvalue weighted by molar-refractivity contribution is -0.139. The molecule has 0 bridgehead atoms. The maximum Gasteiger partial charge on any atom is 0.340 e. The number of benzene rings is 1. The Morgan fingerprint density at radius 3 is 2.59 bits per heavy atom. The number of nitrogens with two attached hydrogens (primary N) is 1. The maximum atomic E-state index is 12.6. The van der Waals surface area contributed by atoms with E-state index in [-0.39, 0.29) is 45.4 Å². The molecule has 9 heteroatoms.